The van der Waals surface area contributed by atoms with E-state index in [0.29, 0.717) is 40.6 Å². The zero-order chi connectivity index (χ0) is 27.4. The van der Waals surface area contributed by atoms with Crippen molar-refractivity contribution in [3.8, 4) is 16.3 Å². The molecule has 2 N–H and O–H groups in total. The van der Waals surface area contributed by atoms with E-state index >= 15 is 0 Å². The van der Waals surface area contributed by atoms with Gasteiger partial charge in [0.2, 0.25) is 5.91 Å². The van der Waals surface area contributed by atoms with Gasteiger partial charge < -0.3 is 15.2 Å². The Morgan fingerprint density at radius 3 is 2.67 bits per heavy atom. The fourth-order valence-corrected chi connectivity index (χ4v) is 5.92. The molecule has 12 heteroatoms. The number of halogens is 2. The summed E-state index contributed by atoms with van der Waals surface area (Å²) in [4.78, 5) is 36.1. The van der Waals surface area contributed by atoms with Crippen molar-refractivity contribution >= 4 is 39.9 Å². The number of carbonyl (C=O) groups is 2. The molecule has 1 aliphatic heterocycles. The van der Waals surface area contributed by atoms with Crippen LogP contribution in [0, 0.1) is 25.5 Å². The number of aryl methyl sites for hydroxylation is 2. The number of benzene rings is 2. The first-order chi connectivity index (χ1) is 18.7. The van der Waals surface area contributed by atoms with E-state index < -0.39 is 23.6 Å². The van der Waals surface area contributed by atoms with Crippen molar-refractivity contribution in [1.82, 2.24) is 19.7 Å². The summed E-state index contributed by atoms with van der Waals surface area (Å²) in [5.74, 6) is -1.75. The normalized spacial score (nSPS) is 15.8. The quantitative estimate of drug-likeness (QED) is 0.315. The van der Waals surface area contributed by atoms with E-state index in [9.17, 15) is 18.4 Å². The Morgan fingerprint density at radius 1 is 1.15 bits per heavy atom. The van der Waals surface area contributed by atoms with Crippen LogP contribution >= 0.6 is 11.3 Å². The number of fused-ring (bicyclic) bond motifs is 1. The molecule has 39 heavy (non-hydrogen) atoms. The van der Waals surface area contributed by atoms with Crippen molar-refractivity contribution in [3.05, 3.63) is 76.4 Å². The minimum atomic E-state index is -1.05. The molecule has 0 saturated carbocycles. The molecule has 1 unspecified atom stereocenters. The highest BCUT2D eigenvalue weighted by Gasteiger charge is 2.35. The summed E-state index contributed by atoms with van der Waals surface area (Å²) in [7, 11) is 0. The lowest BCUT2D eigenvalue weighted by Gasteiger charge is -2.35. The van der Waals surface area contributed by atoms with Gasteiger partial charge in [-0.2, -0.15) is 0 Å². The summed E-state index contributed by atoms with van der Waals surface area (Å²) in [6, 6.07) is 8.49. The molecule has 6 rings (SSSR count). The maximum Gasteiger partial charge on any atom is 0.260 e. The van der Waals surface area contributed by atoms with E-state index in [4.69, 9.17) is 15.2 Å². The highest BCUT2D eigenvalue weighted by Crippen LogP contribution is 2.40. The summed E-state index contributed by atoms with van der Waals surface area (Å²) in [5.41, 5.74) is 9.47. The molecule has 0 bridgehead atoms. The van der Waals surface area contributed by atoms with Crippen molar-refractivity contribution in [2.45, 2.75) is 39.2 Å². The number of aromatic nitrogens is 4. The molecular formula is C27H22F2N6O3S. The van der Waals surface area contributed by atoms with E-state index in [2.05, 4.69) is 10.1 Å². The van der Waals surface area contributed by atoms with Gasteiger partial charge in [0.1, 0.15) is 16.5 Å². The average molecular weight is 549 g/mol. The van der Waals surface area contributed by atoms with E-state index in [-0.39, 0.29) is 22.9 Å². The second kappa shape index (κ2) is 9.38. The molecule has 0 aliphatic carbocycles. The van der Waals surface area contributed by atoms with Crippen molar-refractivity contribution in [1.29, 1.82) is 0 Å². The third kappa shape index (κ3) is 4.16. The Balaban J connectivity index is 1.57. The molecule has 1 saturated heterocycles. The van der Waals surface area contributed by atoms with Gasteiger partial charge in [-0.3, -0.25) is 14.2 Å². The van der Waals surface area contributed by atoms with Gasteiger partial charge in [-0.15, -0.1) is 0 Å². The number of imidazole rings is 1. The zero-order valence-electron chi connectivity index (χ0n) is 20.9. The maximum absolute atomic E-state index is 14.2. The minimum Gasteiger partial charge on any atom is -0.365 e. The lowest BCUT2D eigenvalue weighted by Crippen LogP contribution is -2.39. The maximum atomic E-state index is 14.2. The Bertz CT molecular complexity index is 1760. The number of primary amides is 1. The Labute approximate surface area is 224 Å². The highest BCUT2D eigenvalue weighted by molar-refractivity contribution is 7.16. The molecule has 2 amide bonds. The van der Waals surface area contributed by atoms with Crippen LogP contribution in [-0.4, -0.2) is 31.5 Å². The van der Waals surface area contributed by atoms with Crippen molar-refractivity contribution in [2.75, 3.05) is 4.90 Å². The van der Waals surface area contributed by atoms with Gasteiger partial charge in [-0.1, -0.05) is 22.6 Å². The number of nitrogens with zero attached hydrogens (tertiary/aromatic N) is 5. The summed E-state index contributed by atoms with van der Waals surface area (Å²) in [6.45, 7) is 3.69. The van der Waals surface area contributed by atoms with Gasteiger partial charge in [-0.05, 0) is 56.5 Å². The molecular weight excluding hydrogens is 526 g/mol. The van der Waals surface area contributed by atoms with Gasteiger partial charge in [0.25, 0.3) is 5.91 Å². The highest BCUT2D eigenvalue weighted by atomic mass is 32.1. The molecule has 1 fully saturated rings. The lowest BCUT2D eigenvalue weighted by atomic mass is 9.99. The van der Waals surface area contributed by atoms with Crippen LogP contribution in [0.15, 0.2) is 47.1 Å². The molecule has 1 aliphatic rings. The van der Waals surface area contributed by atoms with E-state index in [1.54, 1.807) is 4.57 Å². The monoisotopic (exact) mass is 548 g/mol. The van der Waals surface area contributed by atoms with Crippen molar-refractivity contribution in [3.63, 3.8) is 0 Å². The standard InChI is InChI=1S/C27H22F2N6O3S/c1-13-24(14(2)38-33-13)15-6-9-20-19(10-15)32-26(35(20)27-31-12-22(39-27)25(30)37)21-4-3-5-23(36)34(21)16-7-8-17(28)18(29)11-16/h6-12,21H,3-5H2,1-2H3,(H2,30,37). The number of anilines is 1. The summed E-state index contributed by atoms with van der Waals surface area (Å²) in [5, 5.41) is 4.49. The molecule has 4 heterocycles. The number of thiazole rings is 1. The fourth-order valence-electron chi connectivity index (χ4n) is 5.13. The van der Waals surface area contributed by atoms with E-state index in [1.165, 1.54) is 17.2 Å². The van der Waals surface area contributed by atoms with Crippen molar-refractivity contribution in [2.24, 2.45) is 5.73 Å². The molecule has 9 nitrogen and oxygen atoms in total. The predicted molar refractivity (Wildman–Crippen MR) is 141 cm³/mol. The minimum absolute atomic E-state index is 0.232. The number of nitrogens with two attached hydrogens (primary N) is 1. The number of rotatable bonds is 5. The van der Waals surface area contributed by atoms with Gasteiger partial charge in [0, 0.05) is 23.7 Å². The van der Waals surface area contributed by atoms with E-state index in [0.717, 1.165) is 40.3 Å². The summed E-state index contributed by atoms with van der Waals surface area (Å²) >= 11 is 1.10. The average Bonchev–Trinajstić information content (AvgIpc) is 3.62. The van der Waals surface area contributed by atoms with Crippen LogP contribution in [0.5, 0.6) is 0 Å². The SMILES string of the molecule is Cc1noc(C)c1-c1ccc2c(c1)nc(C1CCCC(=O)N1c1ccc(F)c(F)c1)n2-c1ncc(C(N)=O)s1. The zero-order valence-corrected chi connectivity index (χ0v) is 21.8. The van der Waals surface area contributed by atoms with Crippen molar-refractivity contribution < 1.29 is 22.9 Å². The molecule has 0 radical (unpaired) electrons. The van der Waals surface area contributed by atoms with Crippen LogP contribution in [0.1, 0.15) is 52.3 Å². The van der Waals surface area contributed by atoms with Gasteiger partial charge in [0.05, 0.1) is 29.0 Å². The Hall–Kier alpha value is -4.45. The first-order valence-electron chi connectivity index (χ1n) is 12.2. The van der Waals surface area contributed by atoms with Crippen LogP contribution in [0.2, 0.25) is 0 Å². The molecule has 0 spiro atoms. The van der Waals surface area contributed by atoms with Crippen LogP contribution in [0.25, 0.3) is 27.3 Å². The smallest absolute Gasteiger partial charge is 0.260 e. The number of amides is 2. The van der Waals surface area contributed by atoms with Gasteiger partial charge in [-0.25, -0.2) is 18.7 Å². The molecule has 198 valence electrons. The van der Waals surface area contributed by atoms with Gasteiger partial charge >= 0.3 is 0 Å². The van der Waals surface area contributed by atoms with Gasteiger partial charge in [0.15, 0.2) is 16.8 Å². The lowest BCUT2D eigenvalue weighted by molar-refractivity contribution is -0.120. The topological polar surface area (TPSA) is 120 Å². The fraction of sp³-hybridized carbons (Fsp3) is 0.222. The first kappa shape index (κ1) is 24.9. The largest absolute Gasteiger partial charge is 0.365 e. The molecule has 5 aromatic rings. The Kier molecular flexibility index (Phi) is 5.98. The predicted octanol–water partition coefficient (Wildman–Crippen LogP) is 5.39. The van der Waals surface area contributed by atoms with Crippen LogP contribution in [-0.2, 0) is 4.79 Å². The Morgan fingerprint density at radius 2 is 1.97 bits per heavy atom. The number of hydrogen-bond acceptors (Lipinski definition) is 7. The first-order valence-corrected chi connectivity index (χ1v) is 13.0. The second-order valence-corrected chi connectivity index (χ2v) is 10.4. The third-order valence-corrected chi connectivity index (χ3v) is 7.86. The molecule has 1 atom stereocenters. The number of piperidine rings is 1. The van der Waals surface area contributed by atoms with Crippen LogP contribution in [0.4, 0.5) is 14.5 Å². The molecule has 2 aromatic carbocycles. The van der Waals surface area contributed by atoms with E-state index in [1.807, 2.05) is 32.0 Å². The summed E-state index contributed by atoms with van der Waals surface area (Å²) < 4.78 is 35.1. The second-order valence-electron chi connectivity index (χ2n) is 9.35. The summed E-state index contributed by atoms with van der Waals surface area (Å²) in [6.07, 6.45) is 2.77. The van der Waals surface area contributed by atoms with Crippen LogP contribution < -0.4 is 10.6 Å². The number of hydrogen-bond donors (Lipinski definition) is 1. The third-order valence-electron chi connectivity index (χ3n) is 6.86. The number of carbonyl (C=O) groups excluding carboxylic acids is 2. The van der Waals surface area contributed by atoms with Crippen LogP contribution in [0.3, 0.4) is 0 Å². The molecule has 3 aromatic heterocycles.